The highest BCUT2D eigenvalue weighted by atomic mass is 16.5. The monoisotopic (exact) mass is 699 g/mol. The van der Waals surface area contributed by atoms with Gasteiger partial charge in [-0.3, -0.25) is 0 Å². The Morgan fingerprint density at radius 2 is 0.880 bits per heavy atom. The number of hydrogen-bond acceptors (Lipinski definition) is 4. The van der Waals surface area contributed by atoms with Crippen molar-refractivity contribution in [2.45, 2.75) is 193 Å². The Labute approximate surface area is 313 Å². The summed E-state index contributed by atoms with van der Waals surface area (Å²) >= 11 is 0. The molecule has 0 aromatic rings. The molecule has 292 valence electrons. The Hall–Kier alpha value is -1.20. The number of nitrogens with one attached hydrogen (secondary N) is 1. The topological polar surface area (TPSA) is 33.7 Å². The second-order valence-electron chi connectivity index (χ2n) is 14.9. The Morgan fingerprint density at radius 3 is 1.32 bits per heavy atom. The largest absolute Gasteiger partial charge is 0.380 e. The first-order chi connectivity index (χ1) is 24.9. The van der Waals surface area contributed by atoms with Gasteiger partial charge in [0.2, 0.25) is 0 Å². The maximum absolute atomic E-state index is 6.16. The van der Waals surface area contributed by atoms with Crippen molar-refractivity contribution in [2.75, 3.05) is 52.6 Å². The van der Waals surface area contributed by atoms with E-state index in [1.807, 2.05) is 0 Å². The van der Waals surface area contributed by atoms with Gasteiger partial charge >= 0.3 is 0 Å². The number of hydrogen-bond donors (Lipinski definition) is 1. The second-order valence-corrected chi connectivity index (χ2v) is 14.9. The number of likely N-dealkylation sites (tertiary alicyclic amines) is 1. The van der Waals surface area contributed by atoms with Crippen molar-refractivity contribution in [2.24, 2.45) is 0 Å². The van der Waals surface area contributed by atoms with Crippen molar-refractivity contribution in [3.8, 4) is 0 Å². The Bertz CT molecular complexity index is 718. The summed E-state index contributed by atoms with van der Waals surface area (Å²) in [5, 5.41) is 3.76. The number of nitrogens with zero attached hydrogens (tertiary/aromatic N) is 1. The molecule has 50 heavy (non-hydrogen) atoms. The third-order valence-electron chi connectivity index (χ3n) is 9.90. The van der Waals surface area contributed by atoms with E-state index in [1.54, 1.807) is 0 Å². The molecule has 0 aliphatic carbocycles. The minimum Gasteiger partial charge on any atom is -0.380 e. The zero-order valence-electron chi connectivity index (χ0n) is 33.7. The van der Waals surface area contributed by atoms with Crippen molar-refractivity contribution >= 4 is 0 Å². The molecule has 0 bridgehead atoms. The summed E-state index contributed by atoms with van der Waals surface area (Å²) in [7, 11) is 0. The van der Waals surface area contributed by atoms with Gasteiger partial charge in [0.1, 0.15) is 0 Å². The van der Waals surface area contributed by atoms with Crippen molar-refractivity contribution < 1.29 is 9.47 Å². The van der Waals surface area contributed by atoms with Gasteiger partial charge in [-0.2, -0.15) is 0 Å². The molecular formula is C46H86N2O2. The Morgan fingerprint density at radius 1 is 0.480 bits per heavy atom. The molecule has 1 N–H and O–H groups in total. The zero-order valence-corrected chi connectivity index (χ0v) is 33.7. The predicted molar refractivity (Wildman–Crippen MR) is 222 cm³/mol. The second kappa shape index (κ2) is 40.6. The SMILES string of the molecule is CCCCC/C=C\C/C=C\CCCCCCCCOCC(COCCCCCCCC/C=C/C/C=C/CCCCC)NCCCN1CCCC1. The summed E-state index contributed by atoms with van der Waals surface area (Å²) in [5.41, 5.74) is 0. The summed E-state index contributed by atoms with van der Waals surface area (Å²) < 4.78 is 12.3. The number of ether oxygens (including phenoxy) is 2. The lowest BCUT2D eigenvalue weighted by Crippen LogP contribution is -2.39. The highest BCUT2D eigenvalue weighted by molar-refractivity contribution is 4.93. The van der Waals surface area contributed by atoms with E-state index in [0.717, 1.165) is 45.8 Å². The van der Waals surface area contributed by atoms with Gasteiger partial charge in [-0.1, -0.05) is 140 Å². The average Bonchev–Trinajstić information content (AvgIpc) is 3.65. The lowest BCUT2D eigenvalue weighted by Gasteiger charge is -2.20. The molecule has 0 saturated carbocycles. The van der Waals surface area contributed by atoms with E-state index in [0.29, 0.717) is 6.04 Å². The van der Waals surface area contributed by atoms with Crippen LogP contribution in [0.3, 0.4) is 0 Å². The zero-order chi connectivity index (χ0) is 35.7. The van der Waals surface area contributed by atoms with Crippen LogP contribution in [0.4, 0.5) is 0 Å². The summed E-state index contributed by atoms with van der Waals surface area (Å²) in [6, 6.07) is 0.308. The van der Waals surface area contributed by atoms with Gasteiger partial charge in [0, 0.05) is 13.2 Å². The van der Waals surface area contributed by atoms with Crippen LogP contribution in [0.2, 0.25) is 0 Å². The van der Waals surface area contributed by atoms with E-state index in [2.05, 4.69) is 72.7 Å². The van der Waals surface area contributed by atoms with Crippen LogP contribution in [-0.2, 0) is 9.47 Å². The highest BCUT2D eigenvalue weighted by Crippen LogP contribution is 2.11. The van der Waals surface area contributed by atoms with Gasteiger partial charge in [0.15, 0.2) is 0 Å². The van der Waals surface area contributed by atoms with Crippen LogP contribution in [0.5, 0.6) is 0 Å². The van der Waals surface area contributed by atoms with Gasteiger partial charge in [-0.25, -0.2) is 0 Å². The maximum atomic E-state index is 6.16. The molecule has 4 heteroatoms. The van der Waals surface area contributed by atoms with Crippen LogP contribution in [0.1, 0.15) is 187 Å². The molecule has 0 aromatic carbocycles. The van der Waals surface area contributed by atoms with Gasteiger partial charge in [-0.05, 0) is 122 Å². The maximum Gasteiger partial charge on any atom is 0.0642 e. The number of unbranched alkanes of at least 4 members (excludes halogenated alkanes) is 18. The molecule has 0 aromatic heterocycles. The van der Waals surface area contributed by atoms with Gasteiger partial charge in [0.05, 0.1) is 19.3 Å². The normalized spacial score (nSPS) is 14.9. The van der Waals surface area contributed by atoms with Crippen LogP contribution < -0.4 is 5.32 Å². The quantitative estimate of drug-likeness (QED) is 0.0512. The Kier molecular flexibility index (Phi) is 38.0. The van der Waals surface area contributed by atoms with Crippen molar-refractivity contribution in [3.63, 3.8) is 0 Å². The number of rotatable bonds is 39. The fourth-order valence-electron chi connectivity index (χ4n) is 6.62. The first-order valence-electron chi connectivity index (χ1n) is 22.1. The third-order valence-corrected chi connectivity index (χ3v) is 9.90. The molecule has 1 unspecified atom stereocenters. The van der Waals surface area contributed by atoms with E-state index in [4.69, 9.17) is 9.47 Å². The van der Waals surface area contributed by atoms with Crippen LogP contribution in [-0.4, -0.2) is 63.5 Å². The number of allylic oxidation sites excluding steroid dienone is 8. The van der Waals surface area contributed by atoms with Gasteiger partial charge < -0.3 is 19.7 Å². The van der Waals surface area contributed by atoms with Crippen molar-refractivity contribution in [1.29, 1.82) is 0 Å². The van der Waals surface area contributed by atoms with Crippen LogP contribution >= 0.6 is 0 Å². The minimum atomic E-state index is 0.308. The highest BCUT2D eigenvalue weighted by Gasteiger charge is 2.12. The molecule has 1 aliphatic heterocycles. The molecule has 4 nitrogen and oxygen atoms in total. The molecule has 1 fully saturated rings. The van der Waals surface area contributed by atoms with E-state index >= 15 is 0 Å². The van der Waals surface area contributed by atoms with Crippen LogP contribution in [0.15, 0.2) is 48.6 Å². The molecular weight excluding hydrogens is 613 g/mol. The Balaban J connectivity index is 2.03. The first kappa shape index (κ1) is 46.8. The fourth-order valence-corrected chi connectivity index (χ4v) is 6.62. The van der Waals surface area contributed by atoms with E-state index < -0.39 is 0 Å². The summed E-state index contributed by atoms with van der Waals surface area (Å²) in [5.74, 6) is 0. The summed E-state index contributed by atoms with van der Waals surface area (Å²) in [6.07, 6.45) is 53.6. The summed E-state index contributed by atoms with van der Waals surface area (Å²) in [6.45, 7) is 12.7. The van der Waals surface area contributed by atoms with Gasteiger partial charge in [0.25, 0.3) is 0 Å². The fraction of sp³-hybridized carbons (Fsp3) is 0.826. The van der Waals surface area contributed by atoms with Crippen molar-refractivity contribution in [1.82, 2.24) is 10.2 Å². The van der Waals surface area contributed by atoms with Crippen molar-refractivity contribution in [3.05, 3.63) is 48.6 Å². The van der Waals surface area contributed by atoms with E-state index in [9.17, 15) is 0 Å². The van der Waals surface area contributed by atoms with E-state index in [-0.39, 0.29) is 0 Å². The molecule has 1 rings (SSSR count). The molecule has 1 heterocycles. The summed E-state index contributed by atoms with van der Waals surface area (Å²) in [4.78, 5) is 2.61. The predicted octanol–water partition coefficient (Wildman–Crippen LogP) is 13.1. The lowest BCUT2D eigenvalue weighted by molar-refractivity contribution is 0.0526. The van der Waals surface area contributed by atoms with Gasteiger partial charge in [-0.15, -0.1) is 0 Å². The standard InChI is InChI=1S/C46H86N2O2/c1-3-5-7-9-11-13-15-17-19-21-23-25-27-29-31-35-42-49-44-46(47-38-37-41-48-39-33-34-40-48)45-50-43-36-32-30-28-26-24-22-20-18-16-14-12-10-8-6-4-2/h11-14,17-20,46-47H,3-10,15-16,21-45H2,1-2H3/b13-11-,14-12+,19-17-,20-18+. The molecule has 0 spiro atoms. The molecule has 0 amide bonds. The molecule has 1 saturated heterocycles. The molecule has 1 aliphatic rings. The van der Waals surface area contributed by atoms with E-state index in [1.165, 1.54) is 180 Å². The molecule has 0 radical (unpaired) electrons. The average molecular weight is 699 g/mol. The lowest BCUT2D eigenvalue weighted by atomic mass is 10.1. The smallest absolute Gasteiger partial charge is 0.0642 e. The minimum absolute atomic E-state index is 0.308. The first-order valence-corrected chi connectivity index (χ1v) is 22.1. The van der Waals surface area contributed by atoms with Crippen LogP contribution in [0.25, 0.3) is 0 Å². The third kappa shape index (κ3) is 35.2. The molecule has 1 atom stereocenters. The van der Waals surface area contributed by atoms with Crippen LogP contribution in [0, 0.1) is 0 Å².